The van der Waals surface area contributed by atoms with Crippen LogP contribution in [-0.4, -0.2) is 63.5 Å². The number of benzene rings is 1. The normalized spacial score (nSPS) is 27.2. The van der Waals surface area contributed by atoms with Crippen LogP contribution in [0.5, 0.6) is 5.75 Å². The number of aromatic nitrogens is 3. The minimum atomic E-state index is -3.82. The molecule has 0 saturated carbocycles. The second kappa shape index (κ2) is 6.83. The van der Waals surface area contributed by atoms with E-state index < -0.39 is 32.0 Å². The van der Waals surface area contributed by atoms with E-state index in [0.29, 0.717) is 11.3 Å². The van der Waals surface area contributed by atoms with Crippen molar-refractivity contribution in [2.24, 2.45) is 0 Å². The number of esters is 1. The van der Waals surface area contributed by atoms with E-state index in [0.717, 1.165) is 4.90 Å². The zero-order valence-corrected chi connectivity index (χ0v) is 16.7. The first kappa shape index (κ1) is 19.4. The lowest BCUT2D eigenvalue weighted by molar-refractivity contribution is -0.162. The number of hydrogen-bond acceptors (Lipinski definition) is 8. The van der Waals surface area contributed by atoms with Crippen molar-refractivity contribution in [2.45, 2.75) is 42.7 Å². The Morgan fingerprint density at radius 3 is 2.62 bits per heavy atom. The van der Waals surface area contributed by atoms with Gasteiger partial charge in [0.1, 0.15) is 22.5 Å². The van der Waals surface area contributed by atoms with Crippen LogP contribution in [0, 0.1) is 0 Å². The van der Waals surface area contributed by atoms with E-state index in [-0.39, 0.29) is 25.5 Å². The van der Waals surface area contributed by atoms with Crippen molar-refractivity contribution in [1.29, 1.82) is 0 Å². The zero-order valence-electron chi connectivity index (χ0n) is 15.9. The molecule has 4 rings (SSSR count). The second-order valence-electron chi connectivity index (χ2n) is 7.28. The molecule has 2 fully saturated rings. The lowest BCUT2D eigenvalue weighted by atomic mass is 9.96. The van der Waals surface area contributed by atoms with Gasteiger partial charge in [0.2, 0.25) is 5.91 Å². The summed E-state index contributed by atoms with van der Waals surface area (Å²) in [6.07, 6.45) is 2.80. The van der Waals surface area contributed by atoms with Crippen LogP contribution >= 0.6 is 0 Å². The minimum Gasteiger partial charge on any atom is -0.497 e. The Bertz CT molecular complexity index is 1040. The van der Waals surface area contributed by atoms with Gasteiger partial charge in [0.25, 0.3) is 0 Å². The number of nitrogens with zero attached hydrogens (tertiary/aromatic N) is 4. The number of amides is 1. The summed E-state index contributed by atoms with van der Waals surface area (Å²) in [7, 11) is -2.28. The van der Waals surface area contributed by atoms with E-state index in [1.807, 2.05) is 0 Å². The average molecular weight is 420 g/mol. The number of fused-ring (bicyclic) bond motifs is 1. The van der Waals surface area contributed by atoms with Gasteiger partial charge in [0.05, 0.1) is 26.3 Å². The monoisotopic (exact) mass is 420 g/mol. The summed E-state index contributed by atoms with van der Waals surface area (Å²) in [5.41, 5.74) is 0.712. The predicted octanol–water partition coefficient (Wildman–Crippen LogP) is 0.144. The summed E-state index contributed by atoms with van der Waals surface area (Å²) in [6.45, 7) is 1.29. The molecule has 10 nitrogen and oxygen atoms in total. The first-order valence-corrected chi connectivity index (χ1v) is 10.5. The van der Waals surface area contributed by atoms with Gasteiger partial charge in [-0.3, -0.25) is 9.48 Å². The van der Waals surface area contributed by atoms with Crippen LogP contribution in [0.4, 0.5) is 0 Å². The summed E-state index contributed by atoms with van der Waals surface area (Å²) in [5, 5.41) is 6.49. The lowest BCUT2D eigenvalue weighted by Gasteiger charge is -2.36. The summed E-state index contributed by atoms with van der Waals surface area (Å²) >= 11 is 0. The highest BCUT2D eigenvalue weighted by Gasteiger charge is 2.70. The van der Waals surface area contributed by atoms with E-state index in [9.17, 15) is 18.0 Å². The molecule has 3 heterocycles. The molecular weight excluding hydrogens is 400 g/mol. The van der Waals surface area contributed by atoms with Crippen molar-refractivity contribution in [3.05, 3.63) is 42.2 Å². The van der Waals surface area contributed by atoms with Gasteiger partial charge in [-0.05, 0) is 24.6 Å². The third-order valence-corrected chi connectivity index (χ3v) is 8.29. The average Bonchev–Trinajstić information content (AvgIpc) is 3.24. The Hall–Kier alpha value is -2.95. The quantitative estimate of drug-likeness (QED) is 0.478. The fraction of sp³-hybridized carbons (Fsp3) is 0.444. The van der Waals surface area contributed by atoms with Crippen molar-refractivity contribution in [2.75, 3.05) is 7.11 Å². The molecule has 2 saturated heterocycles. The van der Waals surface area contributed by atoms with Crippen molar-refractivity contribution >= 4 is 21.7 Å². The summed E-state index contributed by atoms with van der Waals surface area (Å²) in [6, 6.07) is 5.69. The van der Waals surface area contributed by atoms with Gasteiger partial charge < -0.3 is 14.4 Å². The van der Waals surface area contributed by atoms with Crippen LogP contribution in [0.3, 0.4) is 0 Å². The largest absolute Gasteiger partial charge is 0.497 e. The Kier molecular flexibility index (Phi) is 4.56. The SMILES string of the molecule is COc1ccc(COC(=O)C2N3C(=O)CC3S(=O)(=O)C2(C)Cn2ccnn2)cc1. The Labute approximate surface area is 167 Å². The Balaban J connectivity index is 1.59. The molecule has 29 heavy (non-hydrogen) atoms. The number of sulfone groups is 1. The molecular formula is C18H20N4O6S. The van der Waals surface area contributed by atoms with Gasteiger partial charge >= 0.3 is 5.97 Å². The molecule has 1 aromatic carbocycles. The lowest BCUT2D eigenvalue weighted by Crippen LogP contribution is -2.58. The maximum absolute atomic E-state index is 13.1. The second-order valence-corrected chi connectivity index (χ2v) is 9.84. The van der Waals surface area contributed by atoms with E-state index >= 15 is 0 Å². The number of hydrogen-bond donors (Lipinski definition) is 0. The maximum Gasteiger partial charge on any atom is 0.330 e. The number of ether oxygens (including phenoxy) is 2. The van der Waals surface area contributed by atoms with Gasteiger partial charge in [-0.2, -0.15) is 0 Å². The van der Waals surface area contributed by atoms with Crippen molar-refractivity contribution < 1.29 is 27.5 Å². The van der Waals surface area contributed by atoms with Gasteiger partial charge in [-0.15, -0.1) is 5.10 Å². The standard InChI is InChI=1S/C18H20N4O6S/c1-18(11-21-8-7-19-20-21)16(22-14(23)9-15(22)29(18,25)26)17(24)28-10-12-3-5-13(27-2)6-4-12/h3-8,15-16H,9-11H2,1-2H3. The number of β-lactam (4-membered cyclic amide) rings is 1. The maximum atomic E-state index is 13.1. The Morgan fingerprint density at radius 2 is 2.03 bits per heavy atom. The molecule has 154 valence electrons. The molecule has 0 aliphatic carbocycles. The first-order chi connectivity index (χ1) is 13.8. The van der Waals surface area contributed by atoms with E-state index in [1.54, 1.807) is 31.4 Å². The molecule has 2 aliphatic heterocycles. The first-order valence-electron chi connectivity index (χ1n) is 8.96. The molecule has 1 aromatic heterocycles. The zero-order chi connectivity index (χ0) is 20.8. The van der Waals surface area contributed by atoms with Crippen LogP contribution in [0.1, 0.15) is 18.9 Å². The molecule has 2 aliphatic rings. The van der Waals surface area contributed by atoms with Gasteiger partial charge in [0, 0.05) is 6.20 Å². The van der Waals surface area contributed by atoms with Crippen LogP contribution in [0.2, 0.25) is 0 Å². The van der Waals surface area contributed by atoms with E-state index in [4.69, 9.17) is 9.47 Å². The summed E-state index contributed by atoms with van der Waals surface area (Å²) < 4.78 is 36.5. The van der Waals surface area contributed by atoms with E-state index in [1.165, 1.54) is 24.0 Å². The highest BCUT2D eigenvalue weighted by molar-refractivity contribution is 7.93. The van der Waals surface area contributed by atoms with E-state index in [2.05, 4.69) is 10.3 Å². The molecule has 3 atom stereocenters. The molecule has 2 aromatic rings. The number of carbonyl (C=O) groups is 2. The number of methoxy groups -OCH3 is 1. The van der Waals surface area contributed by atoms with Crippen molar-refractivity contribution in [3.63, 3.8) is 0 Å². The molecule has 0 N–H and O–H groups in total. The highest BCUT2D eigenvalue weighted by atomic mass is 32.2. The van der Waals surface area contributed by atoms with Gasteiger partial charge in [-0.25, -0.2) is 13.2 Å². The van der Waals surface area contributed by atoms with Crippen LogP contribution < -0.4 is 4.74 Å². The van der Waals surface area contributed by atoms with Crippen LogP contribution in [0.25, 0.3) is 0 Å². The summed E-state index contributed by atoms with van der Waals surface area (Å²) in [4.78, 5) is 26.2. The predicted molar refractivity (Wildman–Crippen MR) is 99.2 cm³/mol. The minimum absolute atomic E-state index is 0.0501. The fourth-order valence-corrected chi connectivity index (χ4v) is 6.22. The number of carbonyl (C=O) groups excluding carboxylic acids is 2. The third-order valence-electron chi connectivity index (χ3n) is 5.52. The summed E-state index contributed by atoms with van der Waals surface area (Å²) in [5.74, 6) is -0.480. The third kappa shape index (κ3) is 2.96. The smallest absolute Gasteiger partial charge is 0.330 e. The van der Waals surface area contributed by atoms with Crippen molar-refractivity contribution in [3.8, 4) is 5.75 Å². The molecule has 0 spiro atoms. The van der Waals surface area contributed by atoms with Gasteiger partial charge in [-0.1, -0.05) is 17.3 Å². The van der Waals surface area contributed by atoms with Crippen molar-refractivity contribution in [1.82, 2.24) is 19.9 Å². The molecule has 11 heteroatoms. The molecule has 3 unspecified atom stereocenters. The Morgan fingerprint density at radius 1 is 1.31 bits per heavy atom. The number of rotatable bonds is 6. The molecule has 1 amide bonds. The highest BCUT2D eigenvalue weighted by Crippen LogP contribution is 2.47. The molecule has 0 bridgehead atoms. The topological polar surface area (TPSA) is 121 Å². The van der Waals surface area contributed by atoms with Crippen LogP contribution in [0.15, 0.2) is 36.7 Å². The molecule has 0 radical (unpaired) electrons. The van der Waals surface area contributed by atoms with Gasteiger partial charge in [0.15, 0.2) is 15.9 Å². The van der Waals surface area contributed by atoms with Crippen LogP contribution in [-0.2, 0) is 37.3 Å². The fourth-order valence-electron chi connectivity index (χ4n) is 3.86.